The fraction of sp³-hybridized carbons (Fsp3) is 0.400. The summed E-state index contributed by atoms with van der Waals surface area (Å²) < 4.78 is 15.8. The van der Waals surface area contributed by atoms with E-state index in [9.17, 15) is 28.8 Å². The van der Waals surface area contributed by atoms with E-state index in [2.05, 4.69) is 26.3 Å². The zero-order chi connectivity index (χ0) is 37.6. The molecule has 274 valence electrons. The molecule has 3 aromatic rings. The first-order valence-electron chi connectivity index (χ1n) is 16.3. The van der Waals surface area contributed by atoms with Crippen LogP contribution in [0.4, 0.5) is 10.5 Å². The Morgan fingerprint density at radius 3 is 2.31 bits per heavy atom. The Balaban J connectivity index is 1.65. The van der Waals surface area contributed by atoms with Gasteiger partial charge in [0.15, 0.2) is 5.96 Å². The zero-order valence-electron chi connectivity index (χ0n) is 29.1. The second-order valence-electron chi connectivity index (χ2n) is 12.6. The normalized spacial score (nSPS) is 12.2. The van der Waals surface area contributed by atoms with E-state index >= 15 is 0 Å². The number of guanidine groups is 1. The Morgan fingerprint density at radius 1 is 0.922 bits per heavy atom. The Bertz CT molecular complexity index is 1780. The SMILES string of the molecule is Cc1cc(=O)oc2cc(NC(=O)C(CCCN=C(N)N)NC(=O)CNC(=O)C(CCC(=O)OCc3ccccc3)NC(=O)OC(C)(C)C)ccc12. The van der Waals surface area contributed by atoms with Gasteiger partial charge in [-0.2, -0.15) is 0 Å². The van der Waals surface area contributed by atoms with Gasteiger partial charge in [0.05, 0.1) is 6.54 Å². The first-order chi connectivity index (χ1) is 24.1. The molecular weight excluding hydrogens is 662 g/mol. The average Bonchev–Trinajstić information content (AvgIpc) is 3.05. The van der Waals surface area contributed by atoms with Gasteiger partial charge in [0, 0.05) is 36.2 Å². The third-order valence-electron chi connectivity index (χ3n) is 7.13. The lowest BCUT2D eigenvalue weighted by molar-refractivity contribution is -0.145. The minimum atomic E-state index is -1.26. The first kappa shape index (κ1) is 39.5. The van der Waals surface area contributed by atoms with Crippen LogP contribution in [0.5, 0.6) is 0 Å². The number of benzene rings is 2. The second-order valence-corrected chi connectivity index (χ2v) is 12.6. The van der Waals surface area contributed by atoms with E-state index in [-0.39, 0.29) is 44.0 Å². The number of nitrogens with two attached hydrogens (primary N) is 2. The van der Waals surface area contributed by atoms with E-state index in [0.29, 0.717) is 23.1 Å². The summed E-state index contributed by atoms with van der Waals surface area (Å²) in [6, 6.07) is 12.9. The fourth-order valence-corrected chi connectivity index (χ4v) is 4.73. The van der Waals surface area contributed by atoms with Crippen LogP contribution < -0.4 is 38.4 Å². The molecule has 0 aliphatic heterocycles. The number of rotatable bonds is 16. The van der Waals surface area contributed by atoms with Crippen molar-refractivity contribution in [1.82, 2.24) is 16.0 Å². The van der Waals surface area contributed by atoms with Gasteiger partial charge in [-0.3, -0.25) is 24.2 Å². The van der Waals surface area contributed by atoms with Gasteiger partial charge in [-0.1, -0.05) is 30.3 Å². The highest BCUT2D eigenvalue weighted by Gasteiger charge is 2.27. The van der Waals surface area contributed by atoms with Crippen LogP contribution >= 0.6 is 0 Å². The average molecular weight is 708 g/mol. The maximum Gasteiger partial charge on any atom is 0.408 e. The molecule has 3 rings (SSSR count). The Kier molecular flexibility index (Phi) is 14.5. The molecule has 4 amide bonds. The predicted octanol–water partition coefficient (Wildman–Crippen LogP) is 2.11. The summed E-state index contributed by atoms with van der Waals surface area (Å²) in [5.74, 6) is -2.81. The number of aliphatic imine (C=N–C) groups is 1. The number of fused-ring (bicyclic) bond motifs is 1. The van der Waals surface area contributed by atoms with E-state index in [1.807, 2.05) is 6.07 Å². The molecule has 0 fully saturated rings. The quantitative estimate of drug-likeness (QED) is 0.0414. The number of amides is 4. The van der Waals surface area contributed by atoms with E-state index in [0.717, 1.165) is 5.56 Å². The number of carbonyl (C=O) groups is 5. The monoisotopic (exact) mass is 707 g/mol. The maximum atomic E-state index is 13.3. The van der Waals surface area contributed by atoms with Gasteiger partial charge in [-0.25, -0.2) is 9.59 Å². The van der Waals surface area contributed by atoms with Crippen LogP contribution in [0.3, 0.4) is 0 Å². The molecule has 0 radical (unpaired) electrons. The van der Waals surface area contributed by atoms with E-state index in [4.69, 9.17) is 25.4 Å². The topological polar surface area (TPSA) is 247 Å². The van der Waals surface area contributed by atoms with Crippen molar-refractivity contribution in [3.63, 3.8) is 0 Å². The van der Waals surface area contributed by atoms with Gasteiger partial charge in [0.2, 0.25) is 17.7 Å². The highest BCUT2D eigenvalue weighted by molar-refractivity contribution is 5.99. The zero-order valence-corrected chi connectivity index (χ0v) is 29.1. The lowest BCUT2D eigenvalue weighted by Gasteiger charge is -2.23. The smallest absolute Gasteiger partial charge is 0.408 e. The number of ether oxygens (including phenoxy) is 2. The van der Waals surface area contributed by atoms with E-state index in [1.165, 1.54) is 12.1 Å². The number of nitrogens with one attached hydrogen (secondary N) is 4. The molecule has 16 nitrogen and oxygen atoms in total. The fourth-order valence-electron chi connectivity index (χ4n) is 4.73. The van der Waals surface area contributed by atoms with Crippen LogP contribution in [-0.4, -0.2) is 66.5 Å². The summed E-state index contributed by atoms with van der Waals surface area (Å²) in [6.07, 6.45) is -0.829. The van der Waals surface area contributed by atoms with Crippen LogP contribution in [0, 0.1) is 6.92 Å². The first-order valence-corrected chi connectivity index (χ1v) is 16.3. The number of anilines is 1. The summed E-state index contributed by atoms with van der Waals surface area (Å²) in [6.45, 7) is 6.36. The minimum absolute atomic E-state index is 0.0356. The largest absolute Gasteiger partial charge is 0.461 e. The second kappa shape index (κ2) is 18.7. The molecule has 1 heterocycles. The van der Waals surface area contributed by atoms with Crippen molar-refractivity contribution in [2.45, 2.75) is 77.7 Å². The molecule has 8 N–H and O–H groups in total. The van der Waals surface area contributed by atoms with Crippen molar-refractivity contribution in [1.29, 1.82) is 0 Å². The highest BCUT2D eigenvalue weighted by atomic mass is 16.6. The third kappa shape index (κ3) is 14.2. The van der Waals surface area contributed by atoms with Crippen LogP contribution in [0.2, 0.25) is 0 Å². The molecule has 0 aliphatic carbocycles. The van der Waals surface area contributed by atoms with E-state index in [1.54, 1.807) is 64.1 Å². The van der Waals surface area contributed by atoms with Crippen molar-refractivity contribution in [2.75, 3.05) is 18.4 Å². The number of alkyl carbamates (subject to hydrolysis) is 1. The molecular formula is C35H45N7O9. The molecule has 0 saturated carbocycles. The molecule has 1 aromatic heterocycles. The standard InChI is InChI=1S/C35H45N7O9/c1-21-17-30(45)50-27-18-23(12-13-24(21)27)40-32(47)25(11-8-16-38-33(36)37)41-28(43)19-39-31(46)26(42-34(48)51-35(2,3)4)14-15-29(44)49-20-22-9-6-5-7-10-22/h5-7,9-10,12-13,17-18,25-26H,8,11,14-16,19-20H2,1-4H3,(H,39,46)(H,40,47)(H,41,43)(H,42,48)(H4,36,37,38). The number of aryl methyl sites for hydroxylation is 1. The Labute approximate surface area is 294 Å². The predicted molar refractivity (Wildman–Crippen MR) is 189 cm³/mol. The van der Waals surface area contributed by atoms with Crippen molar-refractivity contribution in [3.8, 4) is 0 Å². The molecule has 0 aliphatic rings. The van der Waals surface area contributed by atoms with Crippen LogP contribution in [0.25, 0.3) is 11.0 Å². The molecule has 51 heavy (non-hydrogen) atoms. The molecule has 2 aromatic carbocycles. The van der Waals surface area contributed by atoms with Gasteiger partial charge in [-0.05, 0) is 70.2 Å². The lowest BCUT2D eigenvalue weighted by Crippen LogP contribution is -2.52. The van der Waals surface area contributed by atoms with E-state index < -0.39 is 59.6 Å². The number of hydrogen-bond acceptors (Lipinski definition) is 10. The Morgan fingerprint density at radius 2 is 1.63 bits per heavy atom. The highest BCUT2D eigenvalue weighted by Crippen LogP contribution is 2.21. The van der Waals surface area contributed by atoms with Gasteiger partial charge < -0.3 is 46.6 Å². The maximum absolute atomic E-state index is 13.3. The van der Waals surface area contributed by atoms with Crippen molar-refractivity contribution in [2.24, 2.45) is 16.5 Å². The summed E-state index contributed by atoms with van der Waals surface area (Å²) in [4.78, 5) is 80.2. The molecule has 0 spiro atoms. The Hall–Kier alpha value is -5.93. The number of esters is 1. The third-order valence-corrected chi connectivity index (χ3v) is 7.13. The molecule has 16 heteroatoms. The number of hydrogen-bond donors (Lipinski definition) is 6. The summed E-state index contributed by atoms with van der Waals surface area (Å²) in [5.41, 5.74) is 11.5. The summed E-state index contributed by atoms with van der Waals surface area (Å²) >= 11 is 0. The van der Waals surface area contributed by atoms with Crippen LogP contribution in [0.15, 0.2) is 68.8 Å². The van der Waals surface area contributed by atoms with Gasteiger partial charge >= 0.3 is 17.7 Å². The number of nitrogens with zero attached hydrogens (tertiary/aromatic N) is 1. The summed E-state index contributed by atoms with van der Waals surface area (Å²) in [5, 5.41) is 10.9. The molecule has 2 unspecified atom stereocenters. The van der Waals surface area contributed by atoms with Crippen molar-refractivity contribution in [3.05, 3.63) is 76.1 Å². The van der Waals surface area contributed by atoms with Gasteiger partial charge in [0.1, 0.15) is 29.9 Å². The van der Waals surface area contributed by atoms with Gasteiger partial charge in [0.25, 0.3) is 0 Å². The summed E-state index contributed by atoms with van der Waals surface area (Å²) in [7, 11) is 0. The van der Waals surface area contributed by atoms with Gasteiger partial charge in [-0.15, -0.1) is 0 Å². The molecule has 2 atom stereocenters. The van der Waals surface area contributed by atoms with Crippen molar-refractivity contribution < 1.29 is 37.9 Å². The van der Waals surface area contributed by atoms with Crippen LogP contribution in [0.1, 0.15) is 57.6 Å². The lowest BCUT2D eigenvalue weighted by atomic mass is 10.1. The molecule has 0 bridgehead atoms. The minimum Gasteiger partial charge on any atom is -0.461 e. The number of carbonyl (C=O) groups excluding carboxylic acids is 5. The molecule has 0 saturated heterocycles. The van der Waals surface area contributed by atoms with Crippen molar-refractivity contribution >= 4 is 52.4 Å². The van der Waals surface area contributed by atoms with Crippen LogP contribution in [-0.2, 0) is 35.3 Å².